The number of hydrogen-bond donors (Lipinski definition) is 1. The van der Waals surface area contributed by atoms with E-state index in [1.54, 1.807) is 6.07 Å². The Balaban J connectivity index is 2.30. The topological polar surface area (TPSA) is 72.4 Å². The third-order valence-electron chi connectivity index (χ3n) is 3.37. The molecule has 1 saturated heterocycles. The van der Waals surface area contributed by atoms with Gasteiger partial charge in [-0.1, -0.05) is 6.07 Å². The highest BCUT2D eigenvalue weighted by molar-refractivity contribution is 5.64. The quantitative estimate of drug-likeness (QED) is 0.655. The zero-order valence-corrected chi connectivity index (χ0v) is 10.5. The number of nitro groups is 1. The molecule has 2 N–H and O–H groups in total. The summed E-state index contributed by atoms with van der Waals surface area (Å²) in [5.41, 5.74) is 7.38. The summed E-state index contributed by atoms with van der Waals surface area (Å²) in [5.74, 6) is 0. The summed E-state index contributed by atoms with van der Waals surface area (Å²) < 4.78 is 0. The summed E-state index contributed by atoms with van der Waals surface area (Å²) in [4.78, 5) is 13.0. The van der Waals surface area contributed by atoms with Crippen LogP contribution in [0.1, 0.15) is 24.8 Å². The number of piperidine rings is 1. The maximum Gasteiger partial charge on any atom is 0.292 e. The van der Waals surface area contributed by atoms with E-state index in [-0.39, 0.29) is 10.6 Å². The average Bonchev–Trinajstić information content (AvgIpc) is 2.40. The highest BCUT2D eigenvalue weighted by atomic mass is 16.6. The molecule has 1 aliphatic heterocycles. The third-order valence-corrected chi connectivity index (χ3v) is 3.37. The van der Waals surface area contributed by atoms with E-state index in [9.17, 15) is 10.1 Å². The van der Waals surface area contributed by atoms with E-state index in [1.165, 1.54) is 6.42 Å². The van der Waals surface area contributed by atoms with Crippen molar-refractivity contribution in [1.82, 2.24) is 0 Å². The predicted molar refractivity (Wildman–Crippen MR) is 71.9 cm³/mol. The summed E-state index contributed by atoms with van der Waals surface area (Å²) in [6.45, 7) is 2.34. The Morgan fingerprint density at radius 2 is 2.00 bits per heavy atom. The van der Waals surface area contributed by atoms with E-state index in [1.807, 2.05) is 12.1 Å². The molecular formula is C13H19N3O2. The van der Waals surface area contributed by atoms with Crippen LogP contribution in [0.25, 0.3) is 0 Å². The number of anilines is 1. The average molecular weight is 249 g/mol. The van der Waals surface area contributed by atoms with E-state index < -0.39 is 0 Å². The lowest BCUT2D eigenvalue weighted by Crippen LogP contribution is -2.30. The molecule has 0 bridgehead atoms. The van der Waals surface area contributed by atoms with Gasteiger partial charge in [-0.15, -0.1) is 0 Å². The fraction of sp³-hybridized carbons (Fsp3) is 0.538. The standard InChI is InChI=1S/C13H19N3O2/c14-7-6-11-4-5-12(13(10-11)16(17)18)15-8-2-1-3-9-15/h4-5,10H,1-3,6-9,14H2. The second kappa shape index (κ2) is 5.82. The molecule has 1 fully saturated rings. The molecule has 1 aliphatic rings. The summed E-state index contributed by atoms with van der Waals surface area (Å²) in [7, 11) is 0. The Morgan fingerprint density at radius 3 is 2.61 bits per heavy atom. The predicted octanol–water partition coefficient (Wildman–Crippen LogP) is 2.09. The van der Waals surface area contributed by atoms with E-state index in [2.05, 4.69) is 4.90 Å². The minimum absolute atomic E-state index is 0.211. The largest absolute Gasteiger partial charge is 0.366 e. The molecule has 5 heteroatoms. The van der Waals surface area contributed by atoms with Crippen LogP contribution in [0.15, 0.2) is 18.2 Å². The molecule has 0 amide bonds. The molecule has 98 valence electrons. The summed E-state index contributed by atoms with van der Waals surface area (Å²) >= 11 is 0. The van der Waals surface area contributed by atoms with Gasteiger partial charge in [0, 0.05) is 19.2 Å². The van der Waals surface area contributed by atoms with Gasteiger partial charge in [0.05, 0.1) is 4.92 Å². The molecule has 18 heavy (non-hydrogen) atoms. The Morgan fingerprint density at radius 1 is 1.28 bits per heavy atom. The van der Waals surface area contributed by atoms with Crippen LogP contribution < -0.4 is 10.6 Å². The van der Waals surface area contributed by atoms with Gasteiger partial charge in [0.2, 0.25) is 0 Å². The Labute approximate surface area is 107 Å². The van der Waals surface area contributed by atoms with Crippen LogP contribution in [0.4, 0.5) is 11.4 Å². The van der Waals surface area contributed by atoms with Crippen LogP contribution in [0.2, 0.25) is 0 Å². The van der Waals surface area contributed by atoms with Gasteiger partial charge in [-0.2, -0.15) is 0 Å². The van der Waals surface area contributed by atoms with Gasteiger partial charge in [-0.3, -0.25) is 10.1 Å². The first-order valence-electron chi connectivity index (χ1n) is 6.44. The van der Waals surface area contributed by atoms with Crippen molar-refractivity contribution in [2.24, 2.45) is 5.73 Å². The van der Waals surface area contributed by atoms with Crippen molar-refractivity contribution < 1.29 is 4.92 Å². The van der Waals surface area contributed by atoms with E-state index >= 15 is 0 Å². The Hall–Kier alpha value is -1.62. The summed E-state index contributed by atoms with van der Waals surface area (Å²) in [5, 5.41) is 11.2. The van der Waals surface area contributed by atoms with Crippen molar-refractivity contribution in [2.45, 2.75) is 25.7 Å². The van der Waals surface area contributed by atoms with Crippen LogP contribution in [0.5, 0.6) is 0 Å². The first kappa shape index (κ1) is 12.8. The molecule has 0 atom stereocenters. The van der Waals surface area contributed by atoms with Crippen LogP contribution >= 0.6 is 0 Å². The lowest BCUT2D eigenvalue weighted by Gasteiger charge is -2.28. The van der Waals surface area contributed by atoms with Gasteiger partial charge in [-0.25, -0.2) is 0 Å². The molecule has 1 aromatic rings. The Bertz CT molecular complexity index is 428. The van der Waals surface area contributed by atoms with Crippen molar-refractivity contribution in [1.29, 1.82) is 0 Å². The van der Waals surface area contributed by atoms with Gasteiger partial charge in [0.1, 0.15) is 5.69 Å². The molecule has 0 radical (unpaired) electrons. The minimum atomic E-state index is -0.288. The van der Waals surface area contributed by atoms with Crippen LogP contribution in [0.3, 0.4) is 0 Å². The van der Waals surface area contributed by atoms with E-state index in [4.69, 9.17) is 5.73 Å². The number of hydrogen-bond acceptors (Lipinski definition) is 4. The highest BCUT2D eigenvalue weighted by Crippen LogP contribution is 2.31. The molecule has 2 rings (SSSR count). The zero-order chi connectivity index (χ0) is 13.0. The molecule has 0 unspecified atom stereocenters. The second-order valence-corrected chi connectivity index (χ2v) is 4.67. The zero-order valence-electron chi connectivity index (χ0n) is 10.5. The van der Waals surface area contributed by atoms with Crippen molar-refractivity contribution in [2.75, 3.05) is 24.5 Å². The third kappa shape index (κ3) is 2.79. The highest BCUT2D eigenvalue weighted by Gasteiger charge is 2.21. The SMILES string of the molecule is NCCc1ccc(N2CCCCC2)c([N+](=O)[O-])c1. The molecule has 1 heterocycles. The van der Waals surface area contributed by atoms with Crippen LogP contribution in [-0.2, 0) is 6.42 Å². The first-order valence-corrected chi connectivity index (χ1v) is 6.44. The Kier molecular flexibility index (Phi) is 4.15. The number of benzene rings is 1. The van der Waals surface area contributed by atoms with Crippen molar-refractivity contribution in [3.05, 3.63) is 33.9 Å². The number of rotatable bonds is 4. The number of nitrogens with zero attached hydrogens (tertiary/aromatic N) is 2. The smallest absolute Gasteiger partial charge is 0.292 e. The van der Waals surface area contributed by atoms with Crippen molar-refractivity contribution >= 4 is 11.4 Å². The van der Waals surface area contributed by atoms with E-state index in [0.29, 0.717) is 13.0 Å². The van der Waals surface area contributed by atoms with Gasteiger partial charge in [-0.05, 0) is 43.9 Å². The molecule has 0 saturated carbocycles. The fourth-order valence-corrected chi connectivity index (χ4v) is 2.44. The van der Waals surface area contributed by atoms with Gasteiger partial charge < -0.3 is 10.6 Å². The van der Waals surface area contributed by atoms with Crippen LogP contribution in [-0.4, -0.2) is 24.6 Å². The van der Waals surface area contributed by atoms with Gasteiger partial charge in [0.15, 0.2) is 0 Å². The normalized spacial score (nSPS) is 15.7. The molecule has 1 aromatic carbocycles. The number of nitro benzene ring substituents is 1. The second-order valence-electron chi connectivity index (χ2n) is 4.67. The molecular weight excluding hydrogens is 230 g/mol. The molecule has 5 nitrogen and oxygen atoms in total. The molecule has 0 spiro atoms. The first-order chi connectivity index (χ1) is 8.72. The van der Waals surface area contributed by atoms with E-state index in [0.717, 1.165) is 37.2 Å². The van der Waals surface area contributed by atoms with Gasteiger partial charge in [0.25, 0.3) is 5.69 Å². The summed E-state index contributed by atoms with van der Waals surface area (Å²) in [6, 6.07) is 5.48. The van der Waals surface area contributed by atoms with Crippen molar-refractivity contribution in [3.63, 3.8) is 0 Å². The monoisotopic (exact) mass is 249 g/mol. The summed E-state index contributed by atoms with van der Waals surface area (Å²) in [6.07, 6.45) is 4.13. The van der Waals surface area contributed by atoms with Crippen LogP contribution in [0, 0.1) is 10.1 Å². The van der Waals surface area contributed by atoms with Gasteiger partial charge >= 0.3 is 0 Å². The number of nitrogens with two attached hydrogens (primary N) is 1. The maximum atomic E-state index is 11.2. The fourth-order valence-electron chi connectivity index (χ4n) is 2.44. The van der Waals surface area contributed by atoms with Crippen molar-refractivity contribution in [3.8, 4) is 0 Å². The minimum Gasteiger partial charge on any atom is -0.366 e. The lowest BCUT2D eigenvalue weighted by molar-refractivity contribution is -0.384. The maximum absolute atomic E-state index is 11.2. The molecule has 0 aliphatic carbocycles. The lowest BCUT2D eigenvalue weighted by atomic mass is 10.1. The molecule has 0 aromatic heterocycles.